The normalized spacial score (nSPS) is 17.4. The second-order valence-electron chi connectivity index (χ2n) is 5.77. The minimum absolute atomic E-state index is 0.0138. The number of ether oxygens (including phenoxy) is 1. The van der Waals surface area contributed by atoms with Gasteiger partial charge in [0.2, 0.25) is 0 Å². The number of benzene rings is 1. The van der Waals surface area contributed by atoms with Crippen LogP contribution in [0.2, 0.25) is 5.15 Å². The maximum absolute atomic E-state index is 12.4. The van der Waals surface area contributed by atoms with Gasteiger partial charge >= 0.3 is 0 Å². The van der Waals surface area contributed by atoms with Crippen molar-refractivity contribution < 1.29 is 9.53 Å². The highest BCUT2D eigenvalue weighted by atomic mass is 35.5. The Kier molecular flexibility index (Phi) is 5.26. The fraction of sp³-hybridized carbons (Fsp3) is 0.333. The SMILES string of the molecule is O=C(c1ccnc(Cl)c1)N1CCC(COCc2ccccc2)C1. The van der Waals surface area contributed by atoms with E-state index in [9.17, 15) is 4.79 Å². The lowest BCUT2D eigenvalue weighted by molar-refractivity contribution is 0.0733. The lowest BCUT2D eigenvalue weighted by Crippen LogP contribution is -2.29. The number of hydrogen-bond acceptors (Lipinski definition) is 3. The standard InChI is InChI=1S/C18H19ClN2O2/c19-17-10-16(6-8-20-17)18(22)21-9-7-15(11-21)13-23-12-14-4-2-1-3-5-14/h1-6,8,10,15H,7,9,11-13H2. The van der Waals surface area contributed by atoms with Crippen molar-refractivity contribution in [3.05, 3.63) is 64.9 Å². The first-order valence-corrected chi connectivity index (χ1v) is 8.12. The Morgan fingerprint density at radius 3 is 2.91 bits per heavy atom. The van der Waals surface area contributed by atoms with E-state index in [1.54, 1.807) is 18.3 Å². The molecule has 3 rings (SSSR count). The van der Waals surface area contributed by atoms with Gasteiger partial charge in [0.25, 0.3) is 5.91 Å². The summed E-state index contributed by atoms with van der Waals surface area (Å²) in [5.41, 5.74) is 1.76. The summed E-state index contributed by atoms with van der Waals surface area (Å²) in [5, 5.41) is 0.345. The van der Waals surface area contributed by atoms with Crippen LogP contribution in [0.4, 0.5) is 0 Å². The highest BCUT2D eigenvalue weighted by Gasteiger charge is 2.27. The number of nitrogens with zero attached hydrogens (tertiary/aromatic N) is 2. The lowest BCUT2D eigenvalue weighted by atomic mass is 10.1. The van der Waals surface area contributed by atoms with Crippen LogP contribution in [0, 0.1) is 5.92 Å². The van der Waals surface area contributed by atoms with E-state index in [1.807, 2.05) is 23.1 Å². The van der Waals surface area contributed by atoms with E-state index in [4.69, 9.17) is 16.3 Å². The fourth-order valence-electron chi connectivity index (χ4n) is 2.79. The quantitative estimate of drug-likeness (QED) is 0.789. The van der Waals surface area contributed by atoms with Gasteiger partial charge in [-0.05, 0) is 24.1 Å². The van der Waals surface area contributed by atoms with E-state index < -0.39 is 0 Å². The van der Waals surface area contributed by atoms with Crippen molar-refractivity contribution in [3.8, 4) is 0 Å². The third-order valence-corrected chi connectivity index (χ3v) is 4.22. The van der Waals surface area contributed by atoms with Crippen LogP contribution >= 0.6 is 11.6 Å². The lowest BCUT2D eigenvalue weighted by Gasteiger charge is -2.16. The summed E-state index contributed by atoms with van der Waals surface area (Å²) < 4.78 is 5.79. The predicted molar refractivity (Wildman–Crippen MR) is 89.4 cm³/mol. The van der Waals surface area contributed by atoms with Gasteiger partial charge in [-0.25, -0.2) is 4.98 Å². The van der Waals surface area contributed by atoms with Crippen LogP contribution in [0.15, 0.2) is 48.7 Å². The van der Waals surface area contributed by atoms with Crippen molar-refractivity contribution in [2.75, 3.05) is 19.7 Å². The zero-order valence-corrected chi connectivity index (χ0v) is 13.6. The van der Waals surface area contributed by atoms with Crippen LogP contribution in [0.3, 0.4) is 0 Å². The van der Waals surface area contributed by atoms with Gasteiger partial charge in [-0.2, -0.15) is 0 Å². The number of halogens is 1. The van der Waals surface area contributed by atoms with Crippen molar-refractivity contribution in [1.82, 2.24) is 9.88 Å². The molecular formula is C18H19ClN2O2. The molecule has 2 heterocycles. The molecule has 1 aromatic heterocycles. The molecule has 2 aromatic rings. The van der Waals surface area contributed by atoms with Gasteiger partial charge in [-0.1, -0.05) is 41.9 Å². The summed E-state index contributed by atoms with van der Waals surface area (Å²) in [5.74, 6) is 0.403. The molecule has 1 unspecified atom stereocenters. The van der Waals surface area contributed by atoms with Crippen LogP contribution < -0.4 is 0 Å². The highest BCUT2D eigenvalue weighted by Crippen LogP contribution is 2.20. The summed E-state index contributed by atoms with van der Waals surface area (Å²) in [7, 11) is 0. The van der Waals surface area contributed by atoms with E-state index in [-0.39, 0.29) is 5.91 Å². The minimum atomic E-state index is 0.0138. The Morgan fingerprint density at radius 1 is 1.30 bits per heavy atom. The van der Waals surface area contributed by atoms with E-state index in [0.717, 1.165) is 19.5 Å². The topological polar surface area (TPSA) is 42.4 Å². The second kappa shape index (κ2) is 7.57. The largest absolute Gasteiger partial charge is 0.376 e. The van der Waals surface area contributed by atoms with E-state index in [0.29, 0.717) is 29.8 Å². The number of carbonyl (C=O) groups excluding carboxylic acids is 1. The van der Waals surface area contributed by atoms with Gasteiger partial charge in [-0.15, -0.1) is 0 Å². The maximum atomic E-state index is 12.4. The summed E-state index contributed by atoms with van der Waals surface area (Å²) in [6.45, 7) is 2.78. The predicted octanol–water partition coefficient (Wildman–Crippen LogP) is 3.41. The molecular weight excluding hydrogens is 312 g/mol. The van der Waals surface area contributed by atoms with Gasteiger partial charge in [0.05, 0.1) is 13.2 Å². The van der Waals surface area contributed by atoms with Crippen molar-refractivity contribution in [2.45, 2.75) is 13.0 Å². The molecule has 1 atom stereocenters. The van der Waals surface area contributed by atoms with E-state index in [2.05, 4.69) is 17.1 Å². The number of rotatable bonds is 5. The third kappa shape index (κ3) is 4.30. The molecule has 0 radical (unpaired) electrons. The molecule has 1 fully saturated rings. The number of amides is 1. The summed E-state index contributed by atoms with van der Waals surface area (Å²) in [4.78, 5) is 18.2. The Morgan fingerprint density at radius 2 is 2.13 bits per heavy atom. The molecule has 120 valence electrons. The maximum Gasteiger partial charge on any atom is 0.254 e. The second-order valence-corrected chi connectivity index (χ2v) is 6.16. The molecule has 1 aliphatic heterocycles. The molecule has 0 spiro atoms. The van der Waals surface area contributed by atoms with Crippen molar-refractivity contribution >= 4 is 17.5 Å². The van der Waals surface area contributed by atoms with Gasteiger partial charge in [0.1, 0.15) is 5.15 Å². The van der Waals surface area contributed by atoms with Crippen molar-refractivity contribution in [2.24, 2.45) is 5.92 Å². The summed E-state index contributed by atoms with van der Waals surface area (Å²) >= 11 is 5.85. The Bertz CT molecular complexity index is 663. The van der Waals surface area contributed by atoms with E-state index in [1.165, 1.54) is 5.56 Å². The van der Waals surface area contributed by atoms with Gasteiger partial charge in [0, 0.05) is 30.8 Å². The molecule has 0 aliphatic carbocycles. The molecule has 4 nitrogen and oxygen atoms in total. The van der Waals surface area contributed by atoms with Crippen LogP contribution in [0.5, 0.6) is 0 Å². The smallest absolute Gasteiger partial charge is 0.254 e. The van der Waals surface area contributed by atoms with Gasteiger partial charge in [0.15, 0.2) is 0 Å². The summed E-state index contributed by atoms with van der Waals surface area (Å²) in [6.07, 6.45) is 2.53. The molecule has 0 N–H and O–H groups in total. The number of likely N-dealkylation sites (tertiary alicyclic amines) is 1. The molecule has 0 bridgehead atoms. The Hall–Kier alpha value is -1.91. The molecule has 1 saturated heterocycles. The monoisotopic (exact) mass is 330 g/mol. The van der Waals surface area contributed by atoms with Crippen LogP contribution in [0.1, 0.15) is 22.3 Å². The molecule has 5 heteroatoms. The van der Waals surface area contributed by atoms with Crippen molar-refractivity contribution in [1.29, 1.82) is 0 Å². The first-order valence-electron chi connectivity index (χ1n) is 7.75. The highest BCUT2D eigenvalue weighted by molar-refractivity contribution is 6.29. The zero-order valence-electron chi connectivity index (χ0n) is 12.8. The fourth-order valence-corrected chi connectivity index (χ4v) is 2.96. The average Bonchev–Trinajstić information content (AvgIpc) is 3.04. The molecule has 1 aromatic carbocycles. The van der Waals surface area contributed by atoms with Crippen LogP contribution in [-0.2, 0) is 11.3 Å². The zero-order chi connectivity index (χ0) is 16.1. The Balaban J connectivity index is 1.47. The number of hydrogen-bond donors (Lipinski definition) is 0. The first kappa shape index (κ1) is 16.0. The average molecular weight is 331 g/mol. The number of carbonyl (C=O) groups is 1. The number of aromatic nitrogens is 1. The van der Waals surface area contributed by atoms with Gasteiger partial charge in [-0.3, -0.25) is 4.79 Å². The molecule has 23 heavy (non-hydrogen) atoms. The first-order chi connectivity index (χ1) is 11.2. The Labute approximate surface area is 141 Å². The van der Waals surface area contributed by atoms with E-state index >= 15 is 0 Å². The number of pyridine rings is 1. The molecule has 1 aliphatic rings. The third-order valence-electron chi connectivity index (χ3n) is 4.01. The van der Waals surface area contributed by atoms with Crippen molar-refractivity contribution in [3.63, 3.8) is 0 Å². The summed E-state index contributed by atoms with van der Waals surface area (Å²) in [6, 6.07) is 13.4. The molecule has 1 amide bonds. The van der Waals surface area contributed by atoms with Crippen LogP contribution in [0.25, 0.3) is 0 Å². The molecule has 0 saturated carbocycles. The van der Waals surface area contributed by atoms with Gasteiger partial charge < -0.3 is 9.64 Å². The minimum Gasteiger partial charge on any atom is -0.376 e. The van der Waals surface area contributed by atoms with Crippen LogP contribution in [-0.4, -0.2) is 35.5 Å².